The molecular weight excluding hydrogens is 388 g/mol. The van der Waals surface area contributed by atoms with Gasteiger partial charge in [-0.2, -0.15) is 10.4 Å². The number of rotatable bonds is 4. The van der Waals surface area contributed by atoms with Crippen LogP contribution in [0.2, 0.25) is 5.15 Å². The van der Waals surface area contributed by atoms with Gasteiger partial charge in [-0.05, 0) is 37.6 Å². The SMILES string of the molecule is Cc1nn([C@H]2CCS(=O)(=O)C2)c(Cl)c1/C=C/C(=O)Nc1cccc(C#N)c1. The van der Waals surface area contributed by atoms with Crippen molar-refractivity contribution in [1.82, 2.24) is 9.78 Å². The van der Waals surface area contributed by atoms with Crippen LogP contribution in [0.25, 0.3) is 6.08 Å². The normalized spacial score (nSPS) is 18.5. The summed E-state index contributed by atoms with van der Waals surface area (Å²) in [6.07, 6.45) is 3.35. The molecule has 0 spiro atoms. The van der Waals surface area contributed by atoms with E-state index in [1.807, 2.05) is 6.07 Å². The fourth-order valence-electron chi connectivity index (χ4n) is 2.94. The minimum atomic E-state index is -3.05. The van der Waals surface area contributed by atoms with Crippen molar-refractivity contribution in [2.24, 2.45) is 0 Å². The summed E-state index contributed by atoms with van der Waals surface area (Å²) in [5.74, 6) is -0.230. The number of hydrogen-bond acceptors (Lipinski definition) is 5. The van der Waals surface area contributed by atoms with Gasteiger partial charge in [-0.3, -0.25) is 4.79 Å². The molecule has 7 nitrogen and oxygen atoms in total. The van der Waals surface area contributed by atoms with E-state index in [0.717, 1.165) is 0 Å². The lowest BCUT2D eigenvalue weighted by Crippen LogP contribution is -2.12. The molecule has 1 amide bonds. The van der Waals surface area contributed by atoms with Gasteiger partial charge in [0.2, 0.25) is 5.91 Å². The van der Waals surface area contributed by atoms with Crippen molar-refractivity contribution in [3.8, 4) is 6.07 Å². The van der Waals surface area contributed by atoms with Crippen LogP contribution in [0.4, 0.5) is 5.69 Å². The molecule has 27 heavy (non-hydrogen) atoms. The molecule has 1 N–H and O–H groups in total. The van der Waals surface area contributed by atoms with Gasteiger partial charge in [-0.1, -0.05) is 17.7 Å². The van der Waals surface area contributed by atoms with Gasteiger partial charge < -0.3 is 5.32 Å². The number of aryl methyl sites for hydroxylation is 1. The maximum absolute atomic E-state index is 12.1. The summed E-state index contributed by atoms with van der Waals surface area (Å²) in [6, 6.07) is 8.30. The van der Waals surface area contributed by atoms with Gasteiger partial charge in [0.1, 0.15) is 5.15 Å². The molecule has 9 heteroatoms. The average Bonchev–Trinajstić information content (AvgIpc) is 3.12. The number of halogens is 1. The Morgan fingerprint density at radius 2 is 2.26 bits per heavy atom. The van der Waals surface area contributed by atoms with Crippen LogP contribution in [0.15, 0.2) is 30.3 Å². The van der Waals surface area contributed by atoms with Crippen molar-refractivity contribution in [3.05, 3.63) is 52.3 Å². The van der Waals surface area contributed by atoms with E-state index in [4.69, 9.17) is 16.9 Å². The molecule has 2 aromatic rings. The summed E-state index contributed by atoms with van der Waals surface area (Å²) in [7, 11) is -3.05. The van der Waals surface area contributed by atoms with E-state index in [-0.39, 0.29) is 23.5 Å². The third-order valence-electron chi connectivity index (χ3n) is 4.29. The lowest BCUT2D eigenvalue weighted by molar-refractivity contribution is -0.111. The van der Waals surface area contributed by atoms with E-state index in [1.165, 1.54) is 10.8 Å². The molecule has 140 valence electrons. The molecule has 0 aliphatic carbocycles. The number of nitriles is 1. The van der Waals surface area contributed by atoms with Crippen LogP contribution >= 0.6 is 11.6 Å². The number of carbonyl (C=O) groups excluding carboxylic acids is 1. The first kappa shape index (κ1) is 19.1. The van der Waals surface area contributed by atoms with Crippen LogP contribution in [-0.2, 0) is 14.6 Å². The monoisotopic (exact) mass is 404 g/mol. The first-order valence-corrected chi connectivity index (χ1v) is 10.4. The summed E-state index contributed by atoms with van der Waals surface area (Å²) in [6.45, 7) is 1.75. The van der Waals surface area contributed by atoms with E-state index in [9.17, 15) is 13.2 Å². The maximum atomic E-state index is 12.1. The predicted octanol–water partition coefficient (Wildman–Crippen LogP) is 2.73. The van der Waals surface area contributed by atoms with Crippen LogP contribution in [0.3, 0.4) is 0 Å². The molecule has 0 saturated carbocycles. The van der Waals surface area contributed by atoms with Gasteiger partial charge in [0.15, 0.2) is 9.84 Å². The summed E-state index contributed by atoms with van der Waals surface area (Å²) in [5.41, 5.74) is 2.14. The summed E-state index contributed by atoms with van der Waals surface area (Å²) in [4.78, 5) is 12.1. The van der Waals surface area contributed by atoms with Gasteiger partial charge in [0.05, 0.1) is 34.9 Å². The lowest BCUT2D eigenvalue weighted by atomic mass is 10.2. The first-order chi connectivity index (χ1) is 12.8. The molecule has 0 unspecified atom stereocenters. The van der Waals surface area contributed by atoms with Crippen LogP contribution in [0.5, 0.6) is 0 Å². The summed E-state index contributed by atoms with van der Waals surface area (Å²) in [5, 5.41) is 16.2. The highest BCUT2D eigenvalue weighted by Gasteiger charge is 2.31. The zero-order valence-corrected chi connectivity index (χ0v) is 16.1. The first-order valence-electron chi connectivity index (χ1n) is 8.23. The smallest absolute Gasteiger partial charge is 0.248 e. The maximum Gasteiger partial charge on any atom is 0.248 e. The Kier molecular flexibility index (Phi) is 5.35. The molecule has 1 atom stereocenters. The number of aromatic nitrogens is 2. The van der Waals surface area contributed by atoms with Crippen LogP contribution in [-0.4, -0.2) is 35.6 Å². The van der Waals surface area contributed by atoms with Crippen molar-refractivity contribution in [2.45, 2.75) is 19.4 Å². The molecule has 1 aliphatic rings. The fraction of sp³-hybridized carbons (Fsp3) is 0.278. The number of anilines is 1. The van der Waals surface area contributed by atoms with E-state index in [1.54, 1.807) is 37.3 Å². The molecule has 1 aliphatic heterocycles. The van der Waals surface area contributed by atoms with Gasteiger partial charge in [-0.25, -0.2) is 13.1 Å². The number of benzene rings is 1. The van der Waals surface area contributed by atoms with Crippen molar-refractivity contribution < 1.29 is 13.2 Å². The van der Waals surface area contributed by atoms with Gasteiger partial charge in [0, 0.05) is 17.3 Å². The molecule has 3 rings (SSSR count). The standard InChI is InChI=1S/C18H17ClN4O3S/c1-12-16(18(19)23(22-12)15-7-8-27(25,26)11-15)5-6-17(24)21-14-4-2-3-13(9-14)10-20/h2-6,9,15H,7-8,11H2,1H3,(H,21,24)/b6-5+/t15-/m0/s1. The van der Waals surface area contributed by atoms with Gasteiger partial charge >= 0.3 is 0 Å². The van der Waals surface area contributed by atoms with E-state index >= 15 is 0 Å². The fourth-order valence-corrected chi connectivity index (χ4v) is 5.01. The minimum Gasteiger partial charge on any atom is -0.322 e. The number of carbonyl (C=O) groups is 1. The van der Waals surface area contributed by atoms with Crippen molar-refractivity contribution in [1.29, 1.82) is 5.26 Å². The third kappa shape index (κ3) is 4.38. The Morgan fingerprint density at radius 1 is 1.48 bits per heavy atom. The Bertz CT molecular complexity index is 1070. The number of amides is 1. The zero-order valence-electron chi connectivity index (χ0n) is 14.5. The molecule has 2 heterocycles. The van der Waals surface area contributed by atoms with E-state index < -0.39 is 9.84 Å². The van der Waals surface area contributed by atoms with Gasteiger partial charge in [0.25, 0.3) is 0 Å². The highest BCUT2D eigenvalue weighted by molar-refractivity contribution is 7.91. The Labute approximate surface area is 162 Å². The number of nitrogens with one attached hydrogen (secondary N) is 1. The topological polar surface area (TPSA) is 105 Å². The molecule has 0 bridgehead atoms. The third-order valence-corrected chi connectivity index (χ3v) is 6.41. The van der Waals surface area contributed by atoms with Crippen LogP contribution in [0, 0.1) is 18.3 Å². The highest BCUT2D eigenvalue weighted by Crippen LogP contribution is 2.30. The Hall–Kier alpha value is -2.63. The molecule has 1 aromatic heterocycles. The number of hydrogen-bond donors (Lipinski definition) is 1. The quantitative estimate of drug-likeness (QED) is 0.789. The largest absolute Gasteiger partial charge is 0.322 e. The van der Waals surface area contributed by atoms with Crippen LogP contribution < -0.4 is 5.32 Å². The average molecular weight is 405 g/mol. The molecule has 1 fully saturated rings. The Balaban J connectivity index is 1.75. The molecular formula is C18H17ClN4O3S. The van der Waals surface area contributed by atoms with Gasteiger partial charge in [-0.15, -0.1) is 0 Å². The zero-order chi connectivity index (χ0) is 19.6. The minimum absolute atomic E-state index is 0.0205. The predicted molar refractivity (Wildman–Crippen MR) is 103 cm³/mol. The molecule has 1 aromatic carbocycles. The van der Waals surface area contributed by atoms with Crippen LogP contribution in [0.1, 0.15) is 29.3 Å². The second-order valence-electron chi connectivity index (χ2n) is 6.31. The van der Waals surface area contributed by atoms with E-state index in [2.05, 4.69) is 10.4 Å². The second kappa shape index (κ2) is 7.55. The van der Waals surface area contributed by atoms with E-state index in [0.29, 0.717) is 34.1 Å². The highest BCUT2D eigenvalue weighted by atomic mass is 35.5. The number of nitrogens with zero attached hydrogens (tertiary/aromatic N) is 3. The van der Waals surface area contributed by atoms with Crippen molar-refractivity contribution in [3.63, 3.8) is 0 Å². The van der Waals surface area contributed by atoms with Crippen molar-refractivity contribution >= 4 is 39.1 Å². The Morgan fingerprint density at radius 3 is 2.93 bits per heavy atom. The second-order valence-corrected chi connectivity index (χ2v) is 8.89. The van der Waals surface area contributed by atoms with Crippen molar-refractivity contribution in [2.75, 3.05) is 16.8 Å². The summed E-state index contributed by atoms with van der Waals surface area (Å²) < 4.78 is 24.9. The number of sulfone groups is 1. The molecule has 1 saturated heterocycles. The summed E-state index contributed by atoms with van der Waals surface area (Å²) >= 11 is 6.37. The lowest BCUT2D eigenvalue weighted by Gasteiger charge is -2.09. The molecule has 0 radical (unpaired) electrons.